The highest BCUT2D eigenvalue weighted by atomic mass is 79.9. The Morgan fingerprint density at radius 1 is 1.14 bits per heavy atom. The summed E-state index contributed by atoms with van der Waals surface area (Å²) < 4.78 is 11.6. The number of hydrazone groups is 1. The van der Waals surface area contributed by atoms with Gasteiger partial charge in [0, 0.05) is 10.0 Å². The Labute approximate surface area is 210 Å². The Bertz CT molecular complexity index is 1410. The molecular formula is C27H19BrN2O5. The molecule has 0 spiro atoms. The molecule has 1 heterocycles. The first-order valence-electron chi connectivity index (χ1n) is 10.4. The maximum absolute atomic E-state index is 13.6. The van der Waals surface area contributed by atoms with Gasteiger partial charge in [0.1, 0.15) is 12.3 Å². The van der Waals surface area contributed by atoms with Gasteiger partial charge in [0.2, 0.25) is 0 Å². The van der Waals surface area contributed by atoms with E-state index in [4.69, 9.17) is 15.9 Å². The number of benzene rings is 3. The van der Waals surface area contributed by atoms with Crippen LogP contribution in [-0.2, 0) is 4.79 Å². The number of aromatic carboxylic acids is 1. The van der Waals surface area contributed by atoms with E-state index in [1.165, 1.54) is 24.3 Å². The van der Waals surface area contributed by atoms with Crippen molar-refractivity contribution in [2.45, 2.75) is 0 Å². The molecule has 1 aliphatic rings. The number of carbonyl (C=O) groups excluding carboxylic acids is 1. The van der Waals surface area contributed by atoms with E-state index in [1.807, 2.05) is 30.3 Å². The fraction of sp³-hybridized carbons (Fsp3) is 0.0741. The van der Waals surface area contributed by atoms with Gasteiger partial charge >= 0.3 is 5.97 Å². The fourth-order valence-electron chi connectivity index (χ4n) is 3.51. The van der Waals surface area contributed by atoms with E-state index in [9.17, 15) is 14.7 Å². The molecule has 7 nitrogen and oxygen atoms in total. The van der Waals surface area contributed by atoms with Crippen molar-refractivity contribution in [1.82, 2.24) is 0 Å². The number of terminal acetylenes is 1. The molecule has 0 saturated carbocycles. The second-order valence-electron chi connectivity index (χ2n) is 7.36. The molecular weight excluding hydrogens is 512 g/mol. The Kier molecular flexibility index (Phi) is 6.99. The topological polar surface area (TPSA) is 88.4 Å². The van der Waals surface area contributed by atoms with Gasteiger partial charge in [-0.1, -0.05) is 58.2 Å². The molecule has 0 saturated heterocycles. The summed E-state index contributed by atoms with van der Waals surface area (Å²) in [6.45, 7) is 0.0803. The quantitative estimate of drug-likeness (QED) is 0.343. The van der Waals surface area contributed by atoms with Crippen molar-refractivity contribution in [1.29, 1.82) is 0 Å². The van der Waals surface area contributed by atoms with Gasteiger partial charge in [0.25, 0.3) is 5.91 Å². The third-order valence-electron chi connectivity index (χ3n) is 5.16. The van der Waals surface area contributed by atoms with Crippen LogP contribution in [0.1, 0.15) is 21.5 Å². The first-order valence-corrected chi connectivity index (χ1v) is 11.2. The first-order chi connectivity index (χ1) is 16.9. The van der Waals surface area contributed by atoms with Crippen LogP contribution >= 0.6 is 15.9 Å². The lowest BCUT2D eigenvalue weighted by molar-refractivity contribution is -0.114. The number of hydrogen-bond donors (Lipinski definition) is 1. The zero-order chi connectivity index (χ0) is 24.9. The van der Waals surface area contributed by atoms with E-state index in [-0.39, 0.29) is 12.2 Å². The molecule has 0 unspecified atom stereocenters. The lowest BCUT2D eigenvalue weighted by Crippen LogP contribution is -2.21. The molecule has 4 rings (SSSR count). The largest absolute Gasteiger partial charge is 0.493 e. The van der Waals surface area contributed by atoms with Crippen molar-refractivity contribution >= 4 is 45.3 Å². The Morgan fingerprint density at radius 2 is 1.91 bits per heavy atom. The number of carboxylic acids is 1. The van der Waals surface area contributed by atoms with Crippen molar-refractivity contribution in [3.05, 3.63) is 93.5 Å². The van der Waals surface area contributed by atoms with Crippen LogP contribution in [0.3, 0.4) is 0 Å². The van der Waals surface area contributed by atoms with Crippen molar-refractivity contribution in [3.8, 4) is 23.8 Å². The van der Waals surface area contributed by atoms with Crippen LogP contribution in [-0.4, -0.2) is 36.4 Å². The number of rotatable bonds is 7. The minimum absolute atomic E-state index is 0.0548. The summed E-state index contributed by atoms with van der Waals surface area (Å²) in [4.78, 5) is 25.0. The third-order valence-corrected chi connectivity index (χ3v) is 5.84. The van der Waals surface area contributed by atoms with E-state index < -0.39 is 11.9 Å². The Balaban J connectivity index is 1.82. The van der Waals surface area contributed by atoms with Crippen LogP contribution in [0.5, 0.6) is 11.5 Å². The molecule has 0 atom stereocenters. The van der Waals surface area contributed by atoms with E-state index in [2.05, 4.69) is 27.0 Å². The third kappa shape index (κ3) is 4.95. The Hall–Kier alpha value is -4.35. The summed E-state index contributed by atoms with van der Waals surface area (Å²) in [6, 6.07) is 18.8. The van der Waals surface area contributed by atoms with Crippen LogP contribution < -0.4 is 14.5 Å². The van der Waals surface area contributed by atoms with Gasteiger partial charge < -0.3 is 14.6 Å². The monoisotopic (exact) mass is 530 g/mol. The summed E-state index contributed by atoms with van der Waals surface area (Å²) in [7, 11) is 1.51. The summed E-state index contributed by atoms with van der Waals surface area (Å²) in [5, 5.41) is 15.1. The Morgan fingerprint density at radius 3 is 2.60 bits per heavy atom. The molecule has 8 heteroatoms. The second kappa shape index (κ2) is 10.3. The highest BCUT2D eigenvalue weighted by Crippen LogP contribution is 2.36. The highest BCUT2D eigenvalue weighted by Gasteiger charge is 2.32. The van der Waals surface area contributed by atoms with Crippen molar-refractivity contribution < 1.29 is 24.2 Å². The minimum Gasteiger partial charge on any atom is -0.493 e. The van der Waals surface area contributed by atoms with Crippen molar-refractivity contribution in [2.75, 3.05) is 18.7 Å². The number of halogens is 1. The van der Waals surface area contributed by atoms with E-state index in [1.54, 1.807) is 30.3 Å². The molecule has 3 aromatic carbocycles. The van der Waals surface area contributed by atoms with Gasteiger partial charge in [-0.15, -0.1) is 6.42 Å². The standard InChI is InChI=1S/C27H19BrN2O5/c1-3-12-35-24-16-22(28)19(15-23(24)34-2)14-21-25(17-8-5-4-6-9-17)29-30(26(21)31)20-11-7-10-18(13-20)27(32)33/h1,4-11,13-16H,12H2,2H3,(H,32,33). The van der Waals surface area contributed by atoms with Crippen molar-refractivity contribution in [3.63, 3.8) is 0 Å². The van der Waals surface area contributed by atoms with Gasteiger partial charge in [-0.05, 0) is 42.0 Å². The van der Waals surface area contributed by atoms with E-state index in [0.29, 0.717) is 38.5 Å². The molecule has 174 valence electrons. The van der Waals surface area contributed by atoms with Gasteiger partial charge in [-0.3, -0.25) is 4.79 Å². The predicted octanol–water partition coefficient (Wildman–Crippen LogP) is 5.00. The highest BCUT2D eigenvalue weighted by molar-refractivity contribution is 9.10. The zero-order valence-corrected chi connectivity index (χ0v) is 20.2. The van der Waals surface area contributed by atoms with Crippen LogP contribution in [0.25, 0.3) is 6.08 Å². The summed E-state index contributed by atoms with van der Waals surface area (Å²) in [5.41, 5.74) is 2.58. The molecule has 0 aliphatic carbocycles. The van der Waals surface area contributed by atoms with E-state index in [0.717, 1.165) is 5.56 Å². The second-order valence-corrected chi connectivity index (χ2v) is 8.22. The number of carboxylic acid groups (broad SMARTS) is 1. The molecule has 1 N–H and O–H groups in total. The van der Waals surface area contributed by atoms with Crippen molar-refractivity contribution in [2.24, 2.45) is 5.10 Å². The minimum atomic E-state index is -1.09. The molecule has 0 aromatic heterocycles. The predicted molar refractivity (Wildman–Crippen MR) is 137 cm³/mol. The lowest BCUT2D eigenvalue weighted by Gasteiger charge is -2.13. The molecule has 1 amide bonds. The van der Waals surface area contributed by atoms with Gasteiger partial charge in [0.15, 0.2) is 11.5 Å². The summed E-state index contributed by atoms with van der Waals surface area (Å²) >= 11 is 3.53. The molecule has 35 heavy (non-hydrogen) atoms. The normalized spacial score (nSPS) is 14.0. The first kappa shape index (κ1) is 23.8. The number of nitrogens with zero attached hydrogens (tertiary/aromatic N) is 2. The smallest absolute Gasteiger partial charge is 0.335 e. The van der Waals surface area contributed by atoms with E-state index >= 15 is 0 Å². The van der Waals surface area contributed by atoms with Gasteiger partial charge in [-0.2, -0.15) is 10.1 Å². The molecule has 1 aliphatic heterocycles. The maximum atomic E-state index is 13.6. The number of amides is 1. The lowest BCUT2D eigenvalue weighted by atomic mass is 10.00. The summed E-state index contributed by atoms with van der Waals surface area (Å²) in [6.07, 6.45) is 6.99. The van der Waals surface area contributed by atoms with Crippen LogP contribution in [0, 0.1) is 12.3 Å². The fourth-order valence-corrected chi connectivity index (χ4v) is 3.95. The average Bonchev–Trinajstić information content (AvgIpc) is 3.20. The number of carbonyl (C=O) groups is 2. The van der Waals surface area contributed by atoms with Crippen LogP contribution in [0.15, 0.2) is 81.9 Å². The summed E-state index contributed by atoms with van der Waals surface area (Å²) in [5.74, 6) is 1.83. The number of anilines is 1. The maximum Gasteiger partial charge on any atom is 0.335 e. The molecule has 0 fully saturated rings. The number of hydrogen-bond acceptors (Lipinski definition) is 5. The molecule has 0 bridgehead atoms. The van der Waals surface area contributed by atoms with Crippen LogP contribution in [0.2, 0.25) is 0 Å². The van der Waals surface area contributed by atoms with Crippen LogP contribution in [0.4, 0.5) is 5.69 Å². The molecule has 3 aromatic rings. The SMILES string of the molecule is C#CCOc1cc(Br)c(C=C2C(=O)N(c3cccc(C(=O)O)c3)N=C2c2ccccc2)cc1OC. The average molecular weight is 531 g/mol. The van der Waals surface area contributed by atoms with Gasteiger partial charge in [0.05, 0.1) is 23.9 Å². The zero-order valence-electron chi connectivity index (χ0n) is 18.6. The number of methoxy groups -OCH3 is 1. The molecule has 0 radical (unpaired) electrons. The van der Waals surface area contributed by atoms with Gasteiger partial charge in [-0.25, -0.2) is 4.79 Å². The number of ether oxygens (including phenoxy) is 2.